The van der Waals surface area contributed by atoms with Gasteiger partial charge in [-0.2, -0.15) is 5.10 Å². The highest BCUT2D eigenvalue weighted by molar-refractivity contribution is 5.99. The lowest BCUT2D eigenvalue weighted by atomic mass is 9.85. The van der Waals surface area contributed by atoms with Crippen molar-refractivity contribution in [2.24, 2.45) is 11.0 Å². The first-order chi connectivity index (χ1) is 19.8. The maximum atomic E-state index is 13.9. The van der Waals surface area contributed by atoms with E-state index in [2.05, 4.69) is 10.4 Å². The van der Waals surface area contributed by atoms with Gasteiger partial charge in [0.25, 0.3) is 0 Å². The maximum Gasteiger partial charge on any atom is 0.335 e. The van der Waals surface area contributed by atoms with Crippen LogP contribution in [0.4, 0.5) is 8.78 Å². The van der Waals surface area contributed by atoms with Crippen LogP contribution in [0.1, 0.15) is 27.0 Å². The second-order valence-corrected chi connectivity index (χ2v) is 10.2. The molecule has 6 rings (SSSR count). The topological polar surface area (TPSA) is 82.0 Å². The van der Waals surface area contributed by atoms with Crippen LogP contribution >= 0.6 is 0 Å². The lowest BCUT2D eigenvalue weighted by Gasteiger charge is -2.31. The third-order valence-electron chi connectivity index (χ3n) is 7.41. The molecule has 0 spiro atoms. The van der Waals surface area contributed by atoms with Crippen molar-refractivity contribution in [1.29, 1.82) is 0 Å². The molecule has 0 saturated heterocycles. The Morgan fingerprint density at radius 1 is 0.854 bits per heavy atom. The predicted octanol–water partition coefficient (Wildman–Crippen LogP) is 5.94. The minimum atomic E-state index is -1.02. The van der Waals surface area contributed by atoms with Crippen LogP contribution in [-0.4, -0.2) is 34.2 Å². The van der Waals surface area contributed by atoms with Gasteiger partial charge in [-0.15, -0.1) is 0 Å². The third kappa shape index (κ3) is 5.49. The number of rotatable bonds is 7. The molecule has 2 aliphatic rings. The molecule has 0 bridgehead atoms. The van der Waals surface area contributed by atoms with Crippen molar-refractivity contribution in [3.05, 3.63) is 137 Å². The monoisotopic (exact) mass is 549 g/mol. The maximum absolute atomic E-state index is 13.9. The zero-order valence-corrected chi connectivity index (χ0v) is 21.8. The van der Waals surface area contributed by atoms with E-state index in [9.17, 15) is 18.4 Å². The molecule has 0 radical (unpaired) electrons. The van der Waals surface area contributed by atoms with Gasteiger partial charge in [0.2, 0.25) is 5.91 Å². The number of halogens is 2. The summed E-state index contributed by atoms with van der Waals surface area (Å²) in [7, 11) is 0. The Labute approximate surface area is 234 Å². The molecule has 8 heteroatoms. The Morgan fingerprint density at radius 2 is 1.56 bits per heavy atom. The number of benzene rings is 4. The van der Waals surface area contributed by atoms with E-state index in [1.54, 1.807) is 35.3 Å². The number of aromatic carboxylic acids is 1. The smallest absolute Gasteiger partial charge is 0.335 e. The molecular formula is C33H25F2N3O3. The molecule has 0 saturated carbocycles. The number of carboxylic acids is 1. The van der Waals surface area contributed by atoms with Crippen LogP contribution in [0.3, 0.4) is 0 Å². The van der Waals surface area contributed by atoms with Gasteiger partial charge in [-0.05, 0) is 76.4 Å². The first kappa shape index (κ1) is 26.1. The molecule has 0 aromatic heterocycles. The lowest BCUT2D eigenvalue weighted by Crippen LogP contribution is -2.40. The summed E-state index contributed by atoms with van der Waals surface area (Å²) in [5.74, 6) is -2.09. The zero-order chi connectivity index (χ0) is 28.5. The molecule has 0 aliphatic carbocycles. The summed E-state index contributed by atoms with van der Waals surface area (Å²) < 4.78 is 27.4. The van der Waals surface area contributed by atoms with Crippen LogP contribution in [0, 0.1) is 17.6 Å². The molecule has 2 unspecified atom stereocenters. The van der Waals surface area contributed by atoms with Crippen LogP contribution in [0.15, 0.2) is 108 Å². The molecule has 204 valence electrons. The molecule has 6 nitrogen and oxygen atoms in total. The number of carbonyl (C=O) groups is 2. The molecule has 41 heavy (non-hydrogen) atoms. The number of hydrazone groups is 1. The highest BCUT2D eigenvalue weighted by Gasteiger charge is 2.38. The number of allylic oxidation sites excluding steroid dienone is 2. The van der Waals surface area contributed by atoms with Gasteiger partial charge in [0.15, 0.2) is 0 Å². The highest BCUT2D eigenvalue weighted by Crippen LogP contribution is 2.35. The molecule has 4 aromatic carbocycles. The van der Waals surface area contributed by atoms with Crippen molar-refractivity contribution >= 4 is 34.4 Å². The molecule has 2 atom stereocenters. The summed E-state index contributed by atoms with van der Waals surface area (Å²) >= 11 is 0. The van der Waals surface area contributed by atoms with Gasteiger partial charge in [0, 0.05) is 36.0 Å². The van der Waals surface area contributed by atoms with Gasteiger partial charge in [-0.25, -0.2) is 13.6 Å². The molecule has 1 amide bonds. The van der Waals surface area contributed by atoms with Crippen LogP contribution in [-0.2, 0) is 17.8 Å². The minimum Gasteiger partial charge on any atom is -0.478 e. The van der Waals surface area contributed by atoms with Crippen molar-refractivity contribution in [1.82, 2.24) is 10.3 Å². The third-order valence-corrected chi connectivity index (χ3v) is 7.41. The number of nitrogens with one attached hydrogen (secondary N) is 1. The number of fused-ring (bicyclic) bond motifs is 2. The van der Waals surface area contributed by atoms with E-state index in [0.717, 1.165) is 33.0 Å². The summed E-state index contributed by atoms with van der Waals surface area (Å²) in [5.41, 5.74) is 3.89. The van der Waals surface area contributed by atoms with Crippen LogP contribution in [0.25, 0.3) is 16.3 Å². The Morgan fingerprint density at radius 3 is 2.32 bits per heavy atom. The van der Waals surface area contributed by atoms with Crippen molar-refractivity contribution in [3.8, 4) is 0 Å². The Balaban J connectivity index is 1.28. The summed E-state index contributed by atoms with van der Waals surface area (Å²) in [6, 6.07) is 22.6. The summed E-state index contributed by atoms with van der Waals surface area (Å²) in [6.45, 7) is 0.208. The number of nitrogens with zero attached hydrogens (tertiary/aromatic N) is 2. The van der Waals surface area contributed by atoms with Crippen LogP contribution < -0.4 is 5.32 Å². The summed E-state index contributed by atoms with van der Waals surface area (Å²) in [6.07, 6.45) is 6.08. The lowest BCUT2D eigenvalue weighted by molar-refractivity contribution is -0.118. The highest BCUT2D eigenvalue weighted by atomic mass is 19.1. The molecule has 2 aliphatic heterocycles. The van der Waals surface area contributed by atoms with Crippen LogP contribution in [0.5, 0.6) is 0 Å². The van der Waals surface area contributed by atoms with E-state index in [1.165, 1.54) is 36.4 Å². The normalized spacial score (nSPS) is 17.7. The molecule has 2 N–H and O–H groups in total. The SMILES string of the molecule is O=C(NCc1ccc(C(=O)O)cc1)C1=CC(c2ccc(F)cc2)=CN2N=CC(Cc3ccc4ccc(F)cc4c3)C12. The molecule has 4 aromatic rings. The number of hydrogen-bond acceptors (Lipinski definition) is 4. The fraction of sp³-hybridized carbons (Fsp3) is 0.121. The fourth-order valence-corrected chi connectivity index (χ4v) is 5.31. The van der Waals surface area contributed by atoms with Gasteiger partial charge in [-0.3, -0.25) is 9.80 Å². The first-order valence-corrected chi connectivity index (χ1v) is 13.1. The summed E-state index contributed by atoms with van der Waals surface area (Å²) in [4.78, 5) is 24.8. The standard InChI is InChI=1S/C33H25F2N3O3/c34-28-10-7-23(8-11-28)27-16-30(32(39)36-17-20-1-5-24(6-2-20)33(40)41)31-26(18-37-38(31)19-27)14-21-3-4-22-9-12-29(35)15-25(22)13-21/h1-13,15-16,18-19,26,31H,14,17H2,(H,36,39)(H,40,41). The van der Waals surface area contributed by atoms with E-state index in [4.69, 9.17) is 5.11 Å². The first-order valence-electron chi connectivity index (χ1n) is 13.1. The van der Waals surface area contributed by atoms with Gasteiger partial charge in [0.1, 0.15) is 11.6 Å². The van der Waals surface area contributed by atoms with Crippen molar-refractivity contribution < 1.29 is 23.5 Å². The minimum absolute atomic E-state index is 0.140. The van der Waals surface area contributed by atoms with E-state index >= 15 is 0 Å². The van der Waals surface area contributed by atoms with Crippen molar-refractivity contribution in [2.45, 2.75) is 19.0 Å². The van der Waals surface area contributed by atoms with E-state index in [0.29, 0.717) is 12.0 Å². The van der Waals surface area contributed by atoms with E-state index in [1.807, 2.05) is 36.7 Å². The molecule has 0 fully saturated rings. The van der Waals surface area contributed by atoms with Crippen molar-refractivity contribution in [3.63, 3.8) is 0 Å². The van der Waals surface area contributed by atoms with Gasteiger partial charge >= 0.3 is 5.97 Å². The Kier molecular flexibility index (Phi) is 6.89. The van der Waals surface area contributed by atoms with Crippen molar-refractivity contribution in [2.75, 3.05) is 0 Å². The number of carboxylic acid groups (broad SMARTS) is 1. The zero-order valence-electron chi connectivity index (χ0n) is 21.8. The van der Waals surface area contributed by atoms with E-state index < -0.39 is 5.97 Å². The fourth-order valence-electron chi connectivity index (χ4n) is 5.31. The quantitative estimate of drug-likeness (QED) is 0.299. The Bertz CT molecular complexity index is 1740. The Hall–Kier alpha value is -5.11. The molecule has 2 heterocycles. The summed E-state index contributed by atoms with van der Waals surface area (Å²) in [5, 5.41) is 20.2. The number of carbonyl (C=O) groups excluding carboxylic acids is 1. The largest absolute Gasteiger partial charge is 0.478 e. The predicted molar refractivity (Wildman–Crippen MR) is 153 cm³/mol. The second kappa shape index (κ2) is 10.8. The average molecular weight is 550 g/mol. The second-order valence-electron chi connectivity index (χ2n) is 10.2. The average Bonchev–Trinajstić information content (AvgIpc) is 3.38. The van der Waals surface area contributed by atoms with Crippen LogP contribution in [0.2, 0.25) is 0 Å². The number of hydrogen-bond donors (Lipinski definition) is 2. The number of amides is 1. The van der Waals surface area contributed by atoms with E-state index in [-0.39, 0.29) is 41.6 Å². The van der Waals surface area contributed by atoms with Gasteiger partial charge in [-0.1, -0.05) is 48.5 Å². The van der Waals surface area contributed by atoms with Gasteiger partial charge < -0.3 is 10.4 Å². The molecular weight excluding hydrogens is 524 g/mol. The van der Waals surface area contributed by atoms with Gasteiger partial charge in [0.05, 0.1) is 11.6 Å².